The predicted molar refractivity (Wildman–Crippen MR) is 103 cm³/mol. The maximum absolute atomic E-state index is 13.0. The Labute approximate surface area is 161 Å². The summed E-state index contributed by atoms with van der Waals surface area (Å²) in [6, 6.07) is 6.39. The van der Waals surface area contributed by atoms with Crippen molar-refractivity contribution in [3.05, 3.63) is 34.9 Å². The Morgan fingerprint density at radius 3 is 2.81 bits per heavy atom. The van der Waals surface area contributed by atoms with Crippen molar-refractivity contribution < 1.29 is 14.3 Å². The highest BCUT2D eigenvalue weighted by atomic mass is 16.5. The molecule has 5 nitrogen and oxygen atoms in total. The van der Waals surface area contributed by atoms with E-state index < -0.39 is 5.72 Å². The summed E-state index contributed by atoms with van der Waals surface area (Å²) in [5.74, 6) is 0.646. The molecule has 1 aromatic carbocycles. The number of aryl methyl sites for hydroxylation is 3. The van der Waals surface area contributed by atoms with Gasteiger partial charge in [0.15, 0.2) is 5.72 Å². The number of hydrogen-bond acceptors (Lipinski definition) is 3. The van der Waals surface area contributed by atoms with Crippen molar-refractivity contribution in [2.75, 3.05) is 13.2 Å². The van der Waals surface area contributed by atoms with Gasteiger partial charge in [0.05, 0.1) is 25.1 Å². The molecule has 5 heteroatoms. The van der Waals surface area contributed by atoms with Gasteiger partial charge in [0, 0.05) is 19.4 Å². The average molecular weight is 370 g/mol. The lowest BCUT2D eigenvalue weighted by molar-refractivity contribution is -0.141. The number of rotatable bonds is 4. The molecule has 3 heterocycles. The quantitative estimate of drug-likeness (QED) is 0.819. The van der Waals surface area contributed by atoms with Gasteiger partial charge >= 0.3 is 0 Å². The van der Waals surface area contributed by atoms with Gasteiger partial charge in [-0.1, -0.05) is 37.6 Å². The molecule has 0 aliphatic carbocycles. The van der Waals surface area contributed by atoms with E-state index in [1.54, 1.807) is 0 Å². The summed E-state index contributed by atoms with van der Waals surface area (Å²) in [4.78, 5) is 29.6. The van der Waals surface area contributed by atoms with Crippen LogP contribution >= 0.6 is 0 Å². The summed E-state index contributed by atoms with van der Waals surface area (Å²) in [6.07, 6.45) is 2.37. The number of benzene rings is 1. The molecular formula is C22H30N2O3. The molecule has 0 radical (unpaired) electrons. The molecule has 0 bridgehead atoms. The van der Waals surface area contributed by atoms with Crippen molar-refractivity contribution in [2.24, 2.45) is 5.92 Å². The molecule has 3 saturated heterocycles. The van der Waals surface area contributed by atoms with Crippen molar-refractivity contribution in [3.63, 3.8) is 0 Å². The predicted octanol–water partition coefficient (Wildman–Crippen LogP) is 2.82. The molecule has 0 N–H and O–H groups in total. The van der Waals surface area contributed by atoms with Crippen molar-refractivity contribution in [2.45, 2.75) is 71.2 Å². The first-order chi connectivity index (χ1) is 12.8. The molecule has 3 atom stereocenters. The zero-order valence-corrected chi connectivity index (χ0v) is 16.8. The van der Waals surface area contributed by atoms with Gasteiger partial charge < -0.3 is 14.5 Å². The summed E-state index contributed by atoms with van der Waals surface area (Å²) in [5, 5.41) is 0. The number of amides is 2. The highest BCUT2D eigenvalue weighted by Crippen LogP contribution is 2.48. The Bertz CT molecular complexity index is 775. The Hall–Kier alpha value is -1.88. The van der Waals surface area contributed by atoms with E-state index in [2.05, 4.69) is 45.9 Å². The van der Waals surface area contributed by atoms with Gasteiger partial charge in [-0.25, -0.2) is 0 Å². The number of hydrogen-bond donors (Lipinski definition) is 0. The molecule has 3 aliphatic rings. The van der Waals surface area contributed by atoms with Gasteiger partial charge in [-0.3, -0.25) is 9.59 Å². The van der Waals surface area contributed by atoms with Crippen molar-refractivity contribution >= 4 is 11.8 Å². The summed E-state index contributed by atoms with van der Waals surface area (Å²) < 4.78 is 6.22. The van der Waals surface area contributed by atoms with Crippen molar-refractivity contribution in [3.8, 4) is 0 Å². The van der Waals surface area contributed by atoms with Gasteiger partial charge in [-0.05, 0) is 37.3 Å². The van der Waals surface area contributed by atoms with Crippen LogP contribution in [0.15, 0.2) is 18.2 Å². The number of carbonyl (C=O) groups excluding carboxylic acids is 2. The molecule has 0 unspecified atom stereocenters. The van der Waals surface area contributed by atoms with Gasteiger partial charge in [-0.2, -0.15) is 0 Å². The van der Waals surface area contributed by atoms with Crippen LogP contribution in [0.1, 0.15) is 49.8 Å². The number of carbonyl (C=O) groups is 2. The third kappa shape index (κ3) is 2.87. The van der Waals surface area contributed by atoms with E-state index in [-0.39, 0.29) is 23.9 Å². The lowest BCUT2D eigenvalue weighted by Crippen LogP contribution is -2.51. The Balaban J connectivity index is 1.47. The van der Waals surface area contributed by atoms with Crippen LogP contribution in [0.25, 0.3) is 0 Å². The molecule has 1 aromatic rings. The summed E-state index contributed by atoms with van der Waals surface area (Å²) in [6.45, 7) is 9.73. The largest absolute Gasteiger partial charge is 0.351 e. The summed E-state index contributed by atoms with van der Waals surface area (Å²) in [5.41, 5.74) is 3.14. The van der Waals surface area contributed by atoms with Crippen LogP contribution in [0.2, 0.25) is 0 Å². The third-order valence-corrected chi connectivity index (χ3v) is 6.68. The second-order valence-electron chi connectivity index (χ2n) is 8.72. The smallest absolute Gasteiger partial charge is 0.227 e. The zero-order chi connectivity index (χ0) is 19.3. The number of likely N-dealkylation sites (tertiary alicyclic amines) is 1. The van der Waals surface area contributed by atoms with Gasteiger partial charge in [0.1, 0.15) is 0 Å². The summed E-state index contributed by atoms with van der Waals surface area (Å²) >= 11 is 0. The zero-order valence-electron chi connectivity index (χ0n) is 16.8. The van der Waals surface area contributed by atoms with Crippen LogP contribution in [0, 0.1) is 19.8 Å². The Morgan fingerprint density at radius 1 is 1.33 bits per heavy atom. The average Bonchev–Trinajstić information content (AvgIpc) is 3.23. The lowest BCUT2D eigenvalue weighted by Gasteiger charge is -2.34. The minimum absolute atomic E-state index is 0.125. The van der Waals surface area contributed by atoms with E-state index in [1.165, 1.54) is 16.7 Å². The first kappa shape index (κ1) is 18.5. The van der Waals surface area contributed by atoms with Crippen LogP contribution in [-0.2, 0) is 20.7 Å². The SMILES string of the molecule is Cc1ccc(CCC(=O)N2CC[C@@]34OC[C@@H](C(C)C)N3C(=O)C[C@@H]24)c(C)c1. The molecule has 146 valence electrons. The fraction of sp³-hybridized carbons (Fsp3) is 0.636. The Morgan fingerprint density at radius 2 is 2.11 bits per heavy atom. The van der Waals surface area contributed by atoms with Crippen LogP contribution in [0.5, 0.6) is 0 Å². The van der Waals surface area contributed by atoms with E-state index >= 15 is 0 Å². The molecule has 3 aliphatic heterocycles. The topological polar surface area (TPSA) is 49.9 Å². The Kier molecular flexibility index (Phi) is 4.53. The fourth-order valence-corrected chi connectivity index (χ4v) is 5.18. The van der Waals surface area contributed by atoms with Crippen LogP contribution in [0.4, 0.5) is 0 Å². The highest BCUT2D eigenvalue weighted by Gasteiger charge is 2.65. The highest BCUT2D eigenvalue weighted by molar-refractivity contribution is 5.85. The molecule has 3 fully saturated rings. The van der Waals surface area contributed by atoms with Crippen LogP contribution in [-0.4, -0.2) is 52.6 Å². The first-order valence-electron chi connectivity index (χ1n) is 10.1. The monoisotopic (exact) mass is 370 g/mol. The van der Waals surface area contributed by atoms with E-state index in [4.69, 9.17) is 4.74 Å². The maximum Gasteiger partial charge on any atom is 0.227 e. The summed E-state index contributed by atoms with van der Waals surface area (Å²) in [7, 11) is 0. The minimum atomic E-state index is -0.568. The molecule has 1 spiro atoms. The van der Waals surface area contributed by atoms with Crippen molar-refractivity contribution in [1.29, 1.82) is 0 Å². The molecule has 0 saturated carbocycles. The maximum atomic E-state index is 13.0. The van der Waals surface area contributed by atoms with Gasteiger partial charge in [-0.15, -0.1) is 0 Å². The second-order valence-corrected chi connectivity index (χ2v) is 8.72. The molecule has 27 heavy (non-hydrogen) atoms. The fourth-order valence-electron chi connectivity index (χ4n) is 5.18. The van der Waals surface area contributed by atoms with Crippen LogP contribution < -0.4 is 0 Å². The van der Waals surface area contributed by atoms with Gasteiger partial charge in [0.2, 0.25) is 11.8 Å². The second kappa shape index (κ2) is 6.62. The van der Waals surface area contributed by atoms with E-state index in [0.29, 0.717) is 31.9 Å². The molecule has 0 aromatic heterocycles. The number of nitrogens with zero attached hydrogens (tertiary/aromatic N) is 2. The van der Waals surface area contributed by atoms with Crippen LogP contribution in [0.3, 0.4) is 0 Å². The normalized spacial score (nSPS) is 29.6. The molecular weight excluding hydrogens is 340 g/mol. The molecule has 4 rings (SSSR count). The third-order valence-electron chi connectivity index (χ3n) is 6.68. The number of ether oxygens (including phenoxy) is 1. The minimum Gasteiger partial charge on any atom is -0.351 e. The van der Waals surface area contributed by atoms with E-state index in [0.717, 1.165) is 12.8 Å². The van der Waals surface area contributed by atoms with Gasteiger partial charge in [0.25, 0.3) is 0 Å². The lowest BCUT2D eigenvalue weighted by atomic mass is 10.0. The van der Waals surface area contributed by atoms with E-state index in [9.17, 15) is 9.59 Å². The first-order valence-corrected chi connectivity index (χ1v) is 10.1. The van der Waals surface area contributed by atoms with E-state index in [1.807, 2.05) is 9.80 Å². The van der Waals surface area contributed by atoms with Crippen molar-refractivity contribution in [1.82, 2.24) is 9.80 Å². The molecule has 2 amide bonds. The standard InChI is InChI=1S/C22H30N2O3/c1-14(2)18-13-27-22-9-10-23(19(22)12-21(26)24(18)22)20(25)8-7-17-6-5-15(3)11-16(17)4/h5-6,11,14,18-19H,7-10,12-13H2,1-4H3/t18-,19+,22-/m0/s1.